The van der Waals surface area contributed by atoms with Gasteiger partial charge in [-0.1, -0.05) is 0 Å². The molecule has 15 heavy (non-hydrogen) atoms. The van der Waals surface area contributed by atoms with Gasteiger partial charge < -0.3 is 14.8 Å². The van der Waals surface area contributed by atoms with Crippen LogP contribution in [0.2, 0.25) is 0 Å². The van der Waals surface area contributed by atoms with E-state index in [1.54, 1.807) is 12.1 Å². The zero-order valence-electron chi connectivity index (χ0n) is 8.29. The van der Waals surface area contributed by atoms with Crippen molar-refractivity contribution >= 4 is 17.4 Å². The SMILES string of the molecule is COc1cc2c(c(OC)c1)C(=O)C(=O)N2. The van der Waals surface area contributed by atoms with E-state index in [-0.39, 0.29) is 5.56 Å². The van der Waals surface area contributed by atoms with Crippen LogP contribution in [0.4, 0.5) is 5.69 Å². The van der Waals surface area contributed by atoms with Crippen molar-refractivity contribution < 1.29 is 19.1 Å². The van der Waals surface area contributed by atoms with Gasteiger partial charge in [0.1, 0.15) is 11.5 Å². The van der Waals surface area contributed by atoms with Crippen LogP contribution in [0.3, 0.4) is 0 Å². The summed E-state index contributed by atoms with van der Waals surface area (Å²) in [6.45, 7) is 0. The average Bonchev–Trinajstić information content (AvgIpc) is 2.53. The van der Waals surface area contributed by atoms with Crippen LogP contribution in [-0.2, 0) is 4.79 Å². The molecule has 1 N–H and O–H groups in total. The quantitative estimate of drug-likeness (QED) is 0.730. The fraction of sp³-hybridized carbons (Fsp3) is 0.200. The first-order chi connectivity index (χ1) is 7.17. The number of hydrogen-bond donors (Lipinski definition) is 1. The summed E-state index contributed by atoms with van der Waals surface area (Å²) in [6, 6.07) is 3.15. The van der Waals surface area contributed by atoms with Crippen LogP contribution in [-0.4, -0.2) is 25.9 Å². The van der Waals surface area contributed by atoms with Gasteiger partial charge in [0.15, 0.2) is 0 Å². The summed E-state index contributed by atoms with van der Waals surface area (Å²) in [5.41, 5.74) is 0.699. The van der Waals surface area contributed by atoms with Gasteiger partial charge in [0.25, 0.3) is 11.7 Å². The molecule has 1 aliphatic rings. The fourth-order valence-electron chi connectivity index (χ4n) is 1.49. The van der Waals surface area contributed by atoms with Crippen LogP contribution < -0.4 is 14.8 Å². The average molecular weight is 207 g/mol. The Morgan fingerprint density at radius 3 is 2.47 bits per heavy atom. The molecule has 0 aromatic heterocycles. The molecule has 0 saturated heterocycles. The molecule has 2 rings (SSSR count). The summed E-state index contributed by atoms with van der Waals surface area (Å²) in [5.74, 6) is -0.352. The molecule has 0 fully saturated rings. The van der Waals surface area contributed by atoms with Crippen LogP contribution in [0, 0.1) is 0 Å². The molecule has 1 aromatic rings. The normalized spacial score (nSPS) is 13.5. The van der Waals surface area contributed by atoms with E-state index in [2.05, 4.69) is 5.32 Å². The minimum atomic E-state index is -0.642. The van der Waals surface area contributed by atoms with Gasteiger partial charge in [0, 0.05) is 12.1 Å². The van der Waals surface area contributed by atoms with E-state index in [9.17, 15) is 9.59 Å². The molecule has 1 aromatic carbocycles. The van der Waals surface area contributed by atoms with Gasteiger partial charge in [-0.3, -0.25) is 9.59 Å². The molecule has 0 bridgehead atoms. The maximum Gasteiger partial charge on any atom is 0.297 e. The Morgan fingerprint density at radius 1 is 1.13 bits per heavy atom. The van der Waals surface area contributed by atoms with Gasteiger partial charge in [-0.2, -0.15) is 0 Å². The Morgan fingerprint density at radius 2 is 1.87 bits per heavy atom. The molecule has 1 heterocycles. The number of ether oxygens (including phenoxy) is 2. The van der Waals surface area contributed by atoms with Crippen LogP contribution in [0.15, 0.2) is 12.1 Å². The van der Waals surface area contributed by atoms with E-state index in [1.807, 2.05) is 0 Å². The van der Waals surface area contributed by atoms with Crippen molar-refractivity contribution in [3.05, 3.63) is 17.7 Å². The van der Waals surface area contributed by atoms with E-state index >= 15 is 0 Å². The lowest BCUT2D eigenvalue weighted by atomic mass is 10.1. The Hall–Kier alpha value is -2.04. The number of hydrogen-bond acceptors (Lipinski definition) is 4. The minimum Gasteiger partial charge on any atom is -0.497 e. The van der Waals surface area contributed by atoms with Gasteiger partial charge in [0.05, 0.1) is 25.5 Å². The van der Waals surface area contributed by atoms with Crippen LogP contribution in [0.5, 0.6) is 11.5 Å². The number of rotatable bonds is 2. The lowest BCUT2D eigenvalue weighted by Gasteiger charge is -2.07. The number of carbonyl (C=O) groups is 2. The molecule has 0 radical (unpaired) electrons. The number of amides is 1. The second-order valence-electron chi connectivity index (χ2n) is 3.04. The molecule has 1 aliphatic heterocycles. The smallest absolute Gasteiger partial charge is 0.297 e. The number of fused-ring (bicyclic) bond motifs is 1. The van der Waals surface area contributed by atoms with E-state index in [4.69, 9.17) is 9.47 Å². The highest BCUT2D eigenvalue weighted by molar-refractivity contribution is 6.52. The highest BCUT2D eigenvalue weighted by Gasteiger charge is 2.32. The second-order valence-corrected chi connectivity index (χ2v) is 3.04. The summed E-state index contributed by atoms with van der Waals surface area (Å²) in [7, 11) is 2.94. The zero-order chi connectivity index (χ0) is 11.0. The highest BCUT2D eigenvalue weighted by atomic mass is 16.5. The predicted molar refractivity (Wildman–Crippen MR) is 52.5 cm³/mol. The number of benzene rings is 1. The molecular weight excluding hydrogens is 198 g/mol. The molecule has 0 spiro atoms. The van der Waals surface area contributed by atoms with E-state index in [1.165, 1.54) is 14.2 Å². The number of methoxy groups -OCH3 is 2. The lowest BCUT2D eigenvalue weighted by molar-refractivity contribution is -0.112. The third-order valence-corrected chi connectivity index (χ3v) is 2.21. The van der Waals surface area contributed by atoms with E-state index in [0.29, 0.717) is 17.2 Å². The van der Waals surface area contributed by atoms with Gasteiger partial charge >= 0.3 is 0 Å². The van der Waals surface area contributed by atoms with Gasteiger partial charge in [0.2, 0.25) is 0 Å². The first kappa shape index (κ1) is 9.51. The summed E-state index contributed by atoms with van der Waals surface area (Å²) in [4.78, 5) is 22.6. The molecule has 0 saturated carbocycles. The molecule has 1 amide bonds. The number of nitrogens with one attached hydrogen (secondary N) is 1. The summed E-state index contributed by atoms with van der Waals surface area (Å²) >= 11 is 0. The zero-order valence-corrected chi connectivity index (χ0v) is 8.29. The molecule has 5 nitrogen and oxygen atoms in total. The van der Waals surface area contributed by atoms with Crippen molar-refractivity contribution in [1.29, 1.82) is 0 Å². The molecular formula is C10H9NO4. The first-order valence-corrected chi connectivity index (χ1v) is 4.29. The first-order valence-electron chi connectivity index (χ1n) is 4.29. The number of carbonyl (C=O) groups excluding carboxylic acids is 2. The molecule has 0 atom stereocenters. The Labute approximate surface area is 86.0 Å². The van der Waals surface area contributed by atoms with E-state index in [0.717, 1.165) is 0 Å². The maximum absolute atomic E-state index is 11.4. The fourth-order valence-corrected chi connectivity index (χ4v) is 1.49. The lowest BCUT2D eigenvalue weighted by Crippen LogP contribution is -2.12. The summed E-state index contributed by atoms with van der Waals surface area (Å²) in [5, 5.41) is 2.45. The Bertz CT molecular complexity index is 453. The van der Waals surface area contributed by atoms with Gasteiger partial charge in [-0.15, -0.1) is 0 Å². The van der Waals surface area contributed by atoms with Crippen molar-refractivity contribution in [2.75, 3.05) is 19.5 Å². The standard InChI is InChI=1S/C10H9NO4/c1-14-5-3-6-8(7(4-5)15-2)9(12)10(13)11-6/h3-4H,1-2H3,(H,11,12,13). The monoisotopic (exact) mass is 207 g/mol. The number of ketones is 1. The maximum atomic E-state index is 11.4. The van der Waals surface area contributed by atoms with Crippen molar-refractivity contribution in [3.63, 3.8) is 0 Å². The van der Waals surface area contributed by atoms with E-state index < -0.39 is 11.7 Å². The van der Waals surface area contributed by atoms with Gasteiger partial charge in [-0.25, -0.2) is 0 Å². The molecule has 5 heteroatoms. The Balaban J connectivity index is 2.63. The summed E-state index contributed by atoms with van der Waals surface area (Å²) < 4.78 is 10.0. The van der Waals surface area contributed by atoms with Crippen LogP contribution in [0.1, 0.15) is 10.4 Å². The van der Waals surface area contributed by atoms with Crippen molar-refractivity contribution in [2.45, 2.75) is 0 Å². The predicted octanol–water partition coefficient (Wildman–Crippen LogP) is 0.839. The van der Waals surface area contributed by atoms with Gasteiger partial charge in [-0.05, 0) is 0 Å². The molecule has 0 unspecified atom stereocenters. The molecule has 0 aliphatic carbocycles. The third kappa shape index (κ3) is 1.32. The van der Waals surface area contributed by atoms with Crippen LogP contribution in [0.25, 0.3) is 0 Å². The number of anilines is 1. The largest absolute Gasteiger partial charge is 0.497 e. The minimum absolute atomic E-state index is 0.267. The topological polar surface area (TPSA) is 64.6 Å². The third-order valence-electron chi connectivity index (χ3n) is 2.21. The van der Waals surface area contributed by atoms with Crippen molar-refractivity contribution in [1.82, 2.24) is 0 Å². The Kier molecular flexibility index (Phi) is 2.07. The number of Topliss-reactive ketones (excluding diaryl/α,β-unsaturated/α-hetero) is 1. The molecule has 78 valence electrons. The van der Waals surface area contributed by atoms with Crippen LogP contribution >= 0.6 is 0 Å². The van der Waals surface area contributed by atoms with Crippen molar-refractivity contribution in [2.24, 2.45) is 0 Å². The summed E-state index contributed by atoms with van der Waals surface area (Å²) in [6.07, 6.45) is 0. The highest BCUT2D eigenvalue weighted by Crippen LogP contribution is 2.35. The second kappa shape index (κ2) is 3.27. The van der Waals surface area contributed by atoms with Crippen molar-refractivity contribution in [3.8, 4) is 11.5 Å².